The van der Waals surface area contributed by atoms with Crippen LogP contribution in [0.15, 0.2) is 72.8 Å². The number of hydrogen-bond acceptors (Lipinski definition) is 0. The Bertz CT molecular complexity index is 1470. The zero-order valence-electron chi connectivity index (χ0n) is 18.9. The molecule has 1 aliphatic rings. The maximum Gasteiger partial charge on any atom is 0.0541 e. The third-order valence-corrected chi connectivity index (χ3v) is 7.15. The molecule has 4 aromatic carbocycles. The molecular weight excluding hydrogens is 374 g/mol. The summed E-state index contributed by atoms with van der Waals surface area (Å²) in [4.78, 5) is 0. The molecule has 0 N–H and O–H groups in total. The van der Waals surface area contributed by atoms with Gasteiger partial charge in [-0.15, -0.1) is 0 Å². The van der Waals surface area contributed by atoms with Crippen molar-refractivity contribution in [2.45, 2.75) is 40.0 Å². The molecule has 1 aromatic heterocycles. The van der Waals surface area contributed by atoms with E-state index in [1.807, 2.05) is 0 Å². The number of aromatic nitrogens is 1. The molecule has 1 nitrogen and oxygen atoms in total. The summed E-state index contributed by atoms with van der Waals surface area (Å²) in [5.41, 5.74) is 13.3. The Balaban J connectivity index is 1.66. The van der Waals surface area contributed by atoms with Gasteiger partial charge in [-0.2, -0.15) is 0 Å². The summed E-state index contributed by atoms with van der Waals surface area (Å²) in [7, 11) is 0. The molecule has 0 spiro atoms. The molecule has 5 aromatic rings. The average Bonchev–Trinajstić information content (AvgIpc) is 3.17. The number of rotatable bonds is 1. The van der Waals surface area contributed by atoms with E-state index in [4.69, 9.17) is 0 Å². The summed E-state index contributed by atoms with van der Waals surface area (Å²) in [6, 6.07) is 27.6. The summed E-state index contributed by atoms with van der Waals surface area (Å²) in [6.45, 7) is 11.3. The summed E-state index contributed by atoms with van der Waals surface area (Å²) < 4.78 is 2.44. The fraction of sp³-hybridized carbons (Fsp3) is 0.200. The third-order valence-electron chi connectivity index (χ3n) is 7.15. The van der Waals surface area contributed by atoms with Crippen molar-refractivity contribution >= 4 is 21.8 Å². The standard InChI is InChI=1S/C30H27N/c1-18-7-12-28-24(14-18)25-15-19(2)8-13-29(25)31(28)21-9-11-23-22-10-6-20(3)16-26(22)30(4,5)27(23)17-21/h6-17H,1-5H3. The van der Waals surface area contributed by atoms with Crippen molar-refractivity contribution < 1.29 is 0 Å². The highest BCUT2D eigenvalue weighted by atomic mass is 15.0. The third kappa shape index (κ3) is 2.50. The highest BCUT2D eigenvalue weighted by molar-refractivity contribution is 6.09. The molecular formula is C30H27N. The highest BCUT2D eigenvalue weighted by Gasteiger charge is 2.35. The Kier molecular flexibility index (Phi) is 3.63. The molecule has 1 heteroatoms. The predicted molar refractivity (Wildman–Crippen MR) is 133 cm³/mol. The van der Waals surface area contributed by atoms with Gasteiger partial charge < -0.3 is 4.57 Å². The van der Waals surface area contributed by atoms with E-state index >= 15 is 0 Å². The second-order valence-corrected chi connectivity index (χ2v) is 9.78. The Morgan fingerprint density at radius 3 is 1.65 bits per heavy atom. The molecule has 1 heterocycles. The number of aryl methyl sites for hydroxylation is 3. The van der Waals surface area contributed by atoms with Gasteiger partial charge in [0.25, 0.3) is 0 Å². The molecule has 0 fully saturated rings. The van der Waals surface area contributed by atoms with E-state index in [-0.39, 0.29) is 5.41 Å². The summed E-state index contributed by atoms with van der Waals surface area (Å²) in [6.07, 6.45) is 0. The van der Waals surface area contributed by atoms with Crippen molar-refractivity contribution in [3.63, 3.8) is 0 Å². The first-order valence-electron chi connectivity index (χ1n) is 11.1. The van der Waals surface area contributed by atoms with E-state index in [1.54, 1.807) is 0 Å². The predicted octanol–water partition coefficient (Wildman–Crippen LogP) is 8.02. The number of hydrogen-bond donors (Lipinski definition) is 0. The topological polar surface area (TPSA) is 4.93 Å². The van der Waals surface area contributed by atoms with Crippen LogP contribution in [0.5, 0.6) is 0 Å². The first kappa shape index (κ1) is 18.4. The Morgan fingerprint density at radius 2 is 1.03 bits per heavy atom. The van der Waals surface area contributed by atoms with Crippen LogP contribution in [0, 0.1) is 20.8 Å². The van der Waals surface area contributed by atoms with Gasteiger partial charge >= 0.3 is 0 Å². The molecule has 0 unspecified atom stereocenters. The zero-order valence-corrected chi connectivity index (χ0v) is 18.9. The monoisotopic (exact) mass is 401 g/mol. The minimum atomic E-state index is -0.00136. The van der Waals surface area contributed by atoms with Crippen LogP contribution in [-0.2, 0) is 5.41 Å². The van der Waals surface area contributed by atoms with Crippen molar-refractivity contribution in [1.29, 1.82) is 0 Å². The van der Waals surface area contributed by atoms with Gasteiger partial charge in [-0.1, -0.05) is 66.9 Å². The van der Waals surface area contributed by atoms with Gasteiger partial charge in [0.15, 0.2) is 0 Å². The highest BCUT2D eigenvalue weighted by Crippen LogP contribution is 2.49. The molecule has 0 saturated carbocycles. The van der Waals surface area contributed by atoms with Crippen molar-refractivity contribution in [2.24, 2.45) is 0 Å². The molecule has 1 aliphatic carbocycles. The molecule has 0 aliphatic heterocycles. The molecule has 0 bridgehead atoms. The number of benzene rings is 4. The number of fused-ring (bicyclic) bond motifs is 6. The van der Waals surface area contributed by atoms with Gasteiger partial charge in [0.1, 0.15) is 0 Å². The van der Waals surface area contributed by atoms with Crippen LogP contribution in [0.1, 0.15) is 41.7 Å². The summed E-state index contributed by atoms with van der Waals surface area (Å²) in [5, 5.41) is 2.66. The minimum absolute atomic E-state index is 0.00136. The second kappa shape index (κ2) is 6.11. The first-order chi connectivity index (χ1) is 14.8. The van der Waals surface area contributed by atoms with E-state index in [9.17, 15) is 0 Å². The van der Waals surface area contributed by atoms with E-state index in [2.05, 4.69) is 112 Å². The van der Waals surface area contributed by atoms with Gasteiger partial charge in [0.2, 0.25) is 0 Å². The first-order valence-corrected chi connectivity index (χ1v) is 11.1. The Labute approximate surface area is 184 Å². The lowest BCUT2D eigenvalue weighted by Crippen LogP contribution is -2.15. The smallest absolute Gasteiger partial charge is 0.0541 e. The Hall–Kier alpha value is -3.32. The van der Waals surface area contributed by atoms with Crippen molar-refractivity contribution in [3.05, 3.63) is 101 Å². The fourth-order valence-corrected chi connectivity index (χ4v) is 5.51. The van der Waals surface area contributed by atoms with E-state index in [1.165, 1.54) is 66.4 Å². The number of nitrogens with zero attached hydrogens (tertiary/aromatic N) is 1. The fourth-order valence-electron chi connectivity index (χ4n) is 5.51. The normalized spacial score (nSPS) is 14.2. The average molecular weight is 402 g/mol. The molecule has 0 radical (unpaired) electrons. The van der Waals surface area contributed by atoms with Gasteiger partial charge in [-0.3, -0.25) is 0 Å². The van der Waals surface area contributed by atoms with Crippen molar-refractivity contribution in [3.8, 4) is 16.8 Å². The largest absolute Gasteiger partial charge is 0.309 e. The maximum absolute atomic E-state index is 2.44. The van der Waals surface area contributed by atoms with Crippen LogP contribution in [0.4, 0.5) is 0 Å². The van der Waals surface area contributed by atoms with Gasteiger partial charge in [0.05, 0.1) is 11.0 Å². The van der Waals surface area contributed by atoms with Crippen molar-refractivity contribution in [2.75, 3.05) is 0 Å². The van der Waals surface area contributed by atoms with Crippen LogP contribution in [0.2, 0.25) is 0 Å². The second-order valence-electron chi connectivity index (χ2n) is 9.78. The molecule has 0 saturated heterocycles. The van der Waals surface area contributed by atoms with Crippen LogP contribution in [0.25, 0.3) is 38.6 Å². The van der Waals surface area contributed by atoms with E-state index < -0.39 is 0 Å². The van der Waals surface area contributed by atoms with Crippen LogP contribution in [0.3, 0.4) is 0 Å². The van der Waals surface area contributed by atoms with E-state index in [0.717, 1.165) is 0 Å². The lowest BCUT2D eigenvalue weighted by molar-refractivity contribution is 0.659. The molecule has 6 rings (SSSR count). The zero-order chi connectivity index (χ0) is 21.5. The van der Waals surface area contributed by atoms with Gasteiger partial charge in [0, 0.05) is 21.9 Å². The van der Waals surface area contributed by atoms with Gasteiger partial charge in [-0.05, 0) is 79.4 Å². The SMILES string of the molecule is Cc1ccc2c(c1)C(C)(C)c1cc(-n3c4ccc(C)cc4c4cc(C)ccc43)ccc1-2. The lowest BCUT2D eigenvalue weighted by Gasteiger charge is -2.22. The minimum Gasteiger partial charge on any atom is -0.309 e. The van der Waals surface area contributed by atoms with Crippen LogP contribution >= 0.6 is 0 Å². The molecule has 0 amide bonds. The maximum atomic E-state index is 2.44. The molecule has 152 valence electrons. The summed E-state index contributed by atoms with van der Waals surface area (Å²) >= 11 is 0. The molecule has 0 atom stereocenters. The van der Waals surface area contributed by atoms with Crippen LogP contribution < -0.4 is 0 Å². The Morgan fingerprint density at radius 1 is 0.548 bits per heavy atom. The van der Waals surface area contributed by atoms with Crippen molar-refractivity contribution in [1.82, 2.24) is 4.57 Å². The molecule has 31 heavy (non-hydrogen) atoms. The van der Waals surface area contributed by atoms with E-state index in [0.29, 0.717) is 0 Å². The van der Waals surface area contributed by atoms with Gasteiger partial charge in [-0.25, -0.2) is 0 Å². The van der Waals surface area contributed by atoms with Crippen LogP contribution in [-0.4, -0.2) is 4.57 Å². The quantitative estimate of drug-likeness (QED) is 0.268. The summed E-state index contributed by atoms with van der Waals surface area (Å²) in [5.74, 6) is 0. The lowest BCUT2D eigenvalue weighted by atomic mass is 9.82.